The molecule has 0 saturated heterocycles. The number of hydrogen-bond donors (Lipinski definition) is 2. The molecule has 4 nitrogen and oxygen atoms in total. The normalized spacial score (nSPS) is 13.0. The van der Waals surface area contributed by atoms with Crippen LogP contribution < -0.4 is 0 Å². The summed E-state index contributed by atoms with van der Waals surface area (Å²) in [7, 11) is 0. The summed E-state index contributed by atoms with van der Waals surface area (Å²) in [5, 5.41) is 21.2. The largest absolute Gasteiger partial charge is 0.507 e. The van der Waals surface area contributed by atoms with Crippen LogP contribution in [0.25, 0.3) is 0 Å². The summed E-state index contributed by atoms with van der Waals surface area (Å²) in [4.78, 5) is 25.3. The number of phenolic OH excluding ortho intramolecular Hbond substituents is 2. The van der Waals surface area contributed by atoms with Gasteiger partial charge >= 0.3 is 0 Å². The highest BCUT2D eigenvalue weighted by molar-refractivity contribution is 9.08. The minimum absolute atomic E-state index is 0.000409. The number of halogens is 2. The number of carbonyl (C=O) groups excluding carboxylic acids is 2. The molecular formula is C16H10Br2O4. The lowest BCUT2D eigenvalue weighted by Gasteiger charge is -2.21. The zero-order valence-electron chi connectivity index (χ0n) is 11.2. The lowest BCUT2D eigenvalue weighted by Crippen LogP contribution is -2.22. The number of rotatable bonds is 2. The van der Waals surface area contributed by atoms with E-state index in [-0.39, 0.29) is 33.8 Å². The Morgan fingerprint density at radius 3 is 1.41 bits per heavy atom. The number of carbonyl (C=O) groups is 2. The first kappa shape index (κ1) is 15.2. The Kier molecular flexibility index (Phi) is 3.82. The maximum Gasteiger partial charge on any atom is 0.198 e. The van der Waals surface area contributed by atoms with Crippen LogP contribution in [0, 0.1) is 0 Å². The fourth-order valence-electron chi connectivity index (χ4n) is 2.59. The van der Waals surface area contributed by atoms with Crippen molar-refractivity contribution in [2.75, 3.05) is 0 Å². The molecule has 0 radical (unpaired) electrons. The van der Waals surface area contributed by atoms with E-state index in [9.17, 15) is 19.8 Å². The molecule has 0 spiro atoms. The molecule has 6 heteroatoms. The zero-order chi connectivity index (χ0) is 16.0. The second kappa shape index (κ2) is 5.52. The number of aromatic hydroxyl groups is 2. The minimum atomic E-state index is -0.457. The molecule has 0 unspecified atom stereocenters. The first-order valence-electron chi connectivity index (χ1n) is 6.42. The van der Waals surface area contributed by atoms with Crippen molar-refractivity contribution in [2.24, 2.45) is 0 Å². The summed E-state index contributed by atoms with van der Waals surface area (Å²) in [6, 6.07) is 6.19. The maximum atomic E-state index is 12.6. The molecule has 3 rings (SSSR count). The molecule has 1 aliphatic carbocycles. The van der Waals surface area contributed by atoms with E-state index in [2.05, 4.69) is 31.9 Å². The van der Waals surface area contributed by atoms with E-state index in [1.165, 1.54) is 12.1 Å². The third-order valence-corrected chi connectivity index (χ3v) is 4.96. The van der Waals surface area contributed by atoms with Gasteiger partial charge < -0.3 is 10.2 Å². The highest BCUT2D eigenvalue weighted by Crippen LogP contribution is 2.39. The number of alkyl halides is 2. The topological polar surface area (TPSA) is 74.6 Å². The molecule has 2 aromatic rings. The molecule has 0 heterocycles. The first-order valence-corrected chi connectivity index (χ1v) is 8.66. The molecular weight excluding hydrogens is 416 g/mol. The molecule has 2 N–H and O–H groups in total. The van der Waals surface area contributed by atoms with Gasteiger partial charge in [-0.3, -0.25) is 9.59 Å². The van der Waals surface area contributed by atoms with E-state index in [0.717, 1.165) is 0 Å². The predicted octanol–water partition coefficient (Wildman–Crippen LogP) is 3.66. The second-order valence-electron chi connectivity index (χ2n) is 4.92. The Labute approximate surface area is 143 Å². The number of hydrogen-bond acceptors (Lipinski definition) is 4. The molecule has 0 amide bonds. The highest BCUT2D eigenvalue weighted by atomic mass is 79.9. The smallest absolute Gasteiger partial charge is 0.198 e. The lowest BCUT2D eigenvalue weighted by molar-refractivity contribution is 0.0974. The van der Waals surface area contributed by atoms with Crippen LogP contribution in [0.3, 0.4) is 0 Å². The molecule has 0 aromatic heterocycles. The third-order valence-electron chi connectivity index (χ3n) is 3.75. The van der Waals surface area contributed by atoms with Crippen LogP contribution in [0.5, 0.6) is 11.5 Å². The summed E-state index contributed by atoms with van der Waals surface area (Å²) in [5.74, 6) is -1.30. The average molecular weight is 426 g/mol. The van der Waals surface area contributed by atoms with Gasteiger partial charge in [-0.1, -0.05) is 44.0 Å². The first-order chi connectivity index (χ1) is 10.5. The number of fused-ring (bicyclic) bond motifs is 2. The summed E-state index contributed by atoms with van der Waals surface area (Å²) in [5.41, 5.74) is 1.29. The molecule has 0 atom stereocenters. The van der Waals surface area contributed by atoms with Crippen LogP contribution in [-0.2, 0) is 10.7 Å². The fourth-order valence-corrected chi connectivity index (χ4v) is 3.50. The molecule has 22 heavy (non-hydrogen) atoms. The Bertz CT molecular complexity index is 758. The van der Waals surface area contributed by atoms with Crippen LogP contribution in [0.4, 0.5) is 0 Å². The second-order valence-corrected chi connectivity index (χ2v) is 6.04. The van der Waals surface area contributed by atoms with Crippen LogP contribution in [0.15, 0.2) is 24.3 Å². The van der Waals surface area contributed by atoms with Crippen molar-refractivity contribution < 1.29 is 19.8 Å². The van der Waals surface area contributed by atoms with Gasteiger partial charge in [0.15, 0.2) is 11.6 Å². The van der Waals surface area contributed by atoms with Gasteiger partial charge in [-0.15, -0.1) is 0 Å². The van der Waals surface area contributed by atoms with Gasteiger partial charge in [0, 0.05) is 32.9 Å². The van der Waals surface area contributed by atoms with Crippen molar-refractivity contribution in [3.05, 3.63) is 57.6 Å². The van der Waals surface area contributed by atoms with E-state index >= 15 is 0 Å². The van der Waals surface area contributed by atoms with E-state index in [4.69, 9.17) is 0 Å². The van der Waals surface area contributed by atoms with E-state index in [0.29, 0.717) is 21.8 Å². The van der Waals surface area contributed by atoms with Gasteiger partial charge in [0.1, 0.15) is 11.5 Å². The molecule has 0 saturated carbocycles. The van der Waals surface area contributed by atoms with Crippen molar-refractivity contribution in [3.63, 3.8) is 0 Å². The number of benzene rings is 2. The van der Waals surface area contributed by atoms with Crippen molar-refractivity contribution in [1.29, 1.82) is 0 Å². The van der Waals surface area contributed by atoms with Gasteiger partial charge in [-0.25, -0.2) is 0 Å². The zero-order valence-corrected chi connectivity index (χ0v) is 14.4. The monoisotopic (exact) mass is 424 g/mol. The molecule has 2 aromatic carbocycles. The third kappa shape index (κ3) is 2.01. The summed E-state index contributed by atoms with van der Waals surface area (Å²) in [6.45, 7) is 0. The van der Waals surface area contributed by atoms with Gasteiger partial charge in [0.05, 0.1) is 11.1 Å². The van der Waals surface area contributed by atoms with Crippen LogP contribution in [0.2, 0.25) is 0 Å². The van der Waals surface area contributed by atoms with Gasteiger partial charge in [-0.05, 0) is 12.1 Å². The molecule has 0 bridgehead atoms. The quantitative estimate of drug-likeness (QED) is 0.614. The highest BCUT2D eigenvalue weighted by Gasteiger charge is 2.35. The van der Waals surface area contributed by atoms with E-state index in [1.54, 1.807) is 12.1 Å². The summed E-state index contributed by atoms with van der Waals surface area (Å²) >= 11 is 6.46. The van der Waals surface area contributed by atoms with Crippen molar-refractivity contribution in [1.82, 2.24) is 0 Å². The van der Waals surface area contributed by atoms with Gasteiger partial charge in [0.25, 0.3) is 0 Å². The summed E-state index contributed by atoms with van der Waals surface area (Å²) < 4.78 is 0. The van der Waals surface area contributed by atoms with Crippen LogP contribution in [-0.4, -0.2) is 21.8 Å². The Hall–Kier alpha value is -1.66. The number of phenols is 2. The van der Waals surface area contributed by atoms with E-state index in [1.807, 2.05) is 0 Å². The van der Waals surface area contributed by atoms with Crippen molar-refractivity contribution in [2.45, 2.75) is 10.7 Å². The Morgan fingerprint density at radius 1 is 0.727 bits per heavy atom. The molecule has 1 aliphatic rings. The summed E-state index contributed by atoms with van der Waals surface area (Å²) in [6.07, 6.45) is 0. The fraction of sp³-hybridized carbons (Fsp3) is 0.125. The molecule has 0 aliphatic heterocycles. The standard InChI is InChI=1S/C16H10Br2O4/c17-5-7-1-3-9-11(13(7)19)16(22)10-4-2-8(6-18)14(20)12(10)15(9)21/h1-4,19-20H,5-6H2. The van der Waals surface area contributed by atoms with Crippen LogP contribution >= 0.6 is 31.9 Å². The number of ketones is 2. The molecule has 112 valence electrons. The minimum Gasteiger partial charge on any atom is -0.507 e. The SMILES string of the molecule is O=C1c2ccc(CBr)c(O)c2C(=O)c2ccc(CBr)c(O)c21. The lowest BCUT2D eigenvalue weighted by atomic mass is 9.81. The Balaban J connectivity index is 2.32. The maximum absolute atomic E-state index is 12.6. The Morgan fingerprint density at radius 2 is 1.09 bits per heavy atom. The average Bonchev–Trinajstić information content (AvgIpc) is 2.52. The van der Waals surface area contributed by atoms with Crippen molar-refractivity contribution in [3.8, 4) is 11.5 Å². The van der Waals surface area contributed by atoms with Gasteiger partial charge in [0.2, 0.25) is 0 Å². The van der Waals surface area contributed by atoms with E-state index < -0.39 is 11.6 Å². The van der Waals surface area contributed by atoms with Crippen molar-refractivity contribution >= 4 is 43.4 Å². The molecule has 0 fully saturated rings. The predicted molar refractivity (Wildman–Crippen MR) is 88.3 cm³/mol. The van der Waals surface area contributed by atoms with Gasteiger partial charge in [-0.2, -0.15) is 0 Å². The van der Waals surface area contributed by atoms with Crippen LogP contribution in [0.1, 0.15) is 43.0 Å².